The first kappa shape index (κ1) is 14.4. The molecule has 6 nitrogen and oxygen atoms in total. The van der Waals surface area contributed by atoms with Gasteiger partial charge >= 0.3 is 0 Å². The molecule has 1 saturated heterocycles. The molecular weight excluding hydrogens is 246 g/mol. The molecule has 0 spiro atoms. The molecule has 0 amide bonds. The molecule has 19 heavy (non-hydrogen) atoms. The minimum Gasteiger partial charge on any atom is -0.383 e. The lowest BCUT2D eigenvalue weighted by molar-refractivity contribution is 0.103. The zero-order chi connectivity index (χ0) is 13.5. The number of aromatic nitrogens is 2. The van der Waals surface area contributed by atoms with E-state index in [0.717, 1.165) is 32.4 Å². The Morgan fingerprint density at radius 3 is 3.11 bits per heavy atom. The number of methoxy groups -OCH3 is 1. The molecule has 1 aromatic heterocycles. The van der Waals surface area contributed by atoms with Gasteiger partial charge in [-0.1, -0.05) is 12.1 Å². The normalized spacial score (nSPS) is 20.8. The predicted octanol–water partition coefficient (Wildman–Crippen LogP) is 1.48. The summed E-state index contributed by atoms with van der Waals surface area (Å²) in [5, 5.41) is 7.43. The molecule has 0 bridgehead atoms. The fraction of sp³-hybridized carbons (Fsp3) is 0.846. The highest BCUT2D eigenvalue weighted by atomic mass is 16.5. The maximum Gasteiger partial charge on any atom is 0.228 e. The molecule has 1 aliphatic rings. The average Bonchev–Trinajstić information content (AvgIpc) is 3.06. The van der Waals surface area contributed by atoms with Crippen molar-refractivity contribution in [3.05, 3.63) is 11.7 Å². The number of nitrogens with zero attached hydrogens (tertiary/aromatic N) is 2. The van der Waals surface area contributed by atoms with Crippen LogP contribution in [0.1, 0.15) is 44.0 Å². The van der Waals surface area contributed by atoms with Crippen LogP contribution in [0.15, 0.2) is 4.52 Å². The Hall–Kier alpha value is -0.980. The molecule has 2 unspecified atom stereocenters. The molecule has 2 atom stereocenters. The largest absolute Gasteiger partial charge is 0.383 e. The average molecular weight is 269 g/mol. The van der Waals surface area contributed by atoms with Gasteiger partial charge in [0, 0.05) is 26.2 Å². The number of ether oxygens (including phenoxy) is 2. The predicted molar refractivity (Wildman–Crippen MR) is 69.9 cm³/mol. The van der Waals surface area contributed by atoms with Crippen LogP contribution in [-0.4, -0.2) is 43.1 Å². The standard InChI is InChI=1S/C13H23N3O3/c1-3-6-14-10(9-17-2)8-12-15-13(16-19-12)11-5-4-7-18-11/h10-11,14H,3-9H2,1-2H3. The summed E-state index contributed by atoms with van der Waals surface area (Å²) >= 11 is 0. The van der Waals surface area contributed by atoms with Crippen molar-refractivity contribution < 1.29 is 14.0 Å². The van der Waals surface area contributed by atoms with E-state index in [9.17, 15) is 0 Å². The van der Waals surface area contributed by atoms with E-state index in [0.29, 0.717) is 24.7 Å². The van der Waals surface area contributed by atoms with Crippen molar-refractivity contribution in [1.82, 2.24) is 15.5 Å². The van der Waals surface area contributed by atoms with E-state index in [1.165, 1.54) is 0 Å². The minimum atomic E-state index is 0.0157. The van der Waals surface area contributed by atoms with Gasteiger partial charge in [-0.3, -0.25) is 0 Å². The Bertz CT molecular complexity index is 364. The van der Waals surface area contributed by atoms with Crippen LogP contribution in [0.2, 0.25) is 0 Å². The SMILES string of the molecule is CCCNC(COC)Cc1nc(C2CCCO2)no1. The topological polar surface area (TPSA) is 69.4 Å². The number of hydrogen-bond donors (Lipinski definition) is 1. The lowest BCUT2D eigenvalue weighted by atomic mass is 10.2. The first-order valence-corrected chi connectivity index (χ1v) is 7.00. The van der Waals surface area contributed by atoms with E-state index < -0.39 is 0 Å². The molecule has 2 rings (SSSR count). The van der Waals surface area contributed by atoms with Gasteiger partial charge in [0.05, 0.1) is 6.61 Å². The van der Waals surface area contributed by atoms with Gasteiger partial charge in [-0.05, 0) is 25.8 Å². The Labute approximate surface area is 113 Å². The number of rotatable bonds is 8. The molecule has 0 aliphatic carbocycles. The zero-order valence-corrected chi connectivity index (χ0v) is 11.7. The molecule has 108 valence electrons. The number of nitrogens with one attached hydrogen (secondary N) is 1. The Balaban J connectivity index is 1.89. The van der Waals surface area contributed by atoms with E-state index in [4.69, 9.17) is 14.0 Å². The third kappa shape index (κ3) is 4.26. The fourth-order valence-electron chi connectivity index (χ4n) is 2.21. The van der Waals surface area contributed by atoms with Crippen LogP contribution in [0.25, 0.3) is 0 Å². The lowest BCUT2D eigenvalue weighted by Gasteiger charge is -2.15. The van der Waals surface area contributed by atoms with Crippen molar-refractivity contribution in [2.75, 3.05) is 26.9 Å². The maximum absolute atomic E-state index is 5.54. The van der Waals surface area contributed by atoms with Crippen LogP contribution >= 0.6 is 0 Å². The number of hydrogen-bond acceptors (Lipinski definition) is 6. The molecule has 0 radical (unpaired) electrons. The molecule has 1 fully saturated rings. The van der Waals surface area contributed by atoms with Crippen molar-refractivity contribution in [3.63, 3.8) is 0 Å². The van der Waals surface area contributed by atoms with Crippen molar-refractivity contribution in [2.24, 2.45) is 0 Å². The molecule has 2 heterocycles. The van der Waals surface area contributed by atoms with E-state index in [1.807, 2.05) is 0 Å². The second kappa shape index (κ2) is 7.57. The summed E-state index contributed by atoms with van der Waals surface area (Å²) in [5.74, 6) is 1.33. The van der Waals surface area contributed by atoms with Gasteiger partial charge in [-0.2, -0.15) is 4.98 Å². The highest BCUT2D eigenvalue weighted by molar-refractivity contribution is 4.94. The third-order valence-electron chi connectivity index (χ3n) is 3.17. The summed E-state index contributed by atoms with van der Waals surface area (Å²) in [6.45, 7) is 4.52. The Morgan fingerprint density at radius 1 is 1.53 bits per heavy atom. The summed E-state index contributed by atoms with van der Waals surface area (Å²) in [7, 11) is 1.70. The van der Waals surface area contributed by atoms with Crippen LogP contribution in [0.3, 0.4) is 0 Å². The molecule has 1 aliphatic heterocycles. The molecule has 1 aromatic rings. The van der Waals surface area contributed by atoms with Crippen LogP contribution in [-0.2, 0) is 15.9 Å². The van der Waals surface area contributed by atoms with E-state index in [1.54, 1.807) is 7.11 Å². The van der Waals surface area contributed by atoms with Gasteiger partial charge in [0.25, 0.3) is 0 Å². The van der Waals surface area contributed by atoms with Crippen LogP contribution in [0.4, 0.5) is 0 Å². The van der Waals surface area contributed by atoms with Crippen LogP contribution in [0, 0.1) is 0 Å². The molecule has 0 aromatic carbocycles. The van der Waals surface area contributed by atoms with E-state index in [-0.39, 0.29) is 12.1 Å². The lowest BCUT2D eigenvalue weighted by Crippen LogP contribution is -2.35. The van der Waals surface area contributed by atoms with Gasteiger partial charge in [-0.15, -0.1) is 0 Å². The molecule has 1 N–H and O–H groups in total. The first-order valence-electron chi connectivity index (χ1n) is 7.00. The van der Waals surface area contributed by atoms with Gasteiger partial charge in [0.1, 0.15) is 6.10 Å². The van der Waals surface area contributed by atoms with Crippen LogP contribution < -0.4 is 5.32 Å². The van der Waals surface area contributed by atoms with Crippen LogP contribution in [0.5, 0.6) is 0 Å². The Morgan fingerprint density at radius 2 is 2.42 bits per heavy atom. The molecule has 6 heteroatoms. The van der Waals surface area contributed by atoms with E-state index in [2.05, 4.69) is 22.4 Å². The summed E-state index contributed by atoms with van der Waals surface area (Å²) in [6, 6.07) is 0.211. The third-order valence-corrected chi connectivity index (χ3v) is 3.17. The second-order valence-electron chi connectivity index (χ2n) is 4.86. The highest BCUT2D eigenvalue weighted by Crippen LogP contribution is 2.26. The van der Waals surface area contributed by atoms with Crippen molar-refractivity contribution in [2.45, 2.75) is 44.8 Å². The Kier molecular flexibility index (Phi) is 5.75. The quantitative estimate of drug-likeness (QED) is 0.771. The highest BCUT2D eigenvalue weighted by Gasteiger charge is 2.23. The summed E-state index contributed by atoms with van der Waals surface area (Å²) < 4.78 is 16.0. The van der Waals surface area contributed by atoms with Gasteiger partial charge < -0.3 is 19.3 Å². The summed E-state index contributed by atoms with van der Waals surface area (Å²) in [4.78, 5) is 4.42. The minimum absolute atomic E-state index is 0.0157. The van der Waals surface area contributed by atoms with E-state index >= 15 is 0 Å². The second-order valence-corrected chi connectivity index (χ2v) is 4.86. The fourth-order valence-corrected chi connectivity index (χ4v) is 2.21. The smallest absolute Gasteiger partial charge is 0.228 e. The van der Waals surface area contributed by atoms with Crippen molar-refractivity contribution in [3.8, 4) is 0 Å². The summed E-state index contributed by atoms with van der Waals surface area (Å²) in [5.41, 5.74) is 0. The zero-order valence-electron chi connectivity index (χ0n) is 11.7. The summed E-state index contributed by atoms with van der Waals surface area (Å²) in [6.07, 6.45) is 3.84. The monoisotopic (exact) mass is 269 g/mol. The molecule has 0 saturated carbocycles. The molecular formula is C13H23N3O3. The van der Waals surface area contributed by atoms with Gasteiger partial charge in [-0.25, -0.2) is 0 Å². The van der Waals surface area contributed by atoms with Crippen molar-refractivity contribution in [1.29, 1.82) is 0 Å². The first-order chi connectivity index (χ1) is 9.33. The maximum atomic E-state index is 5.54. The van der Waals surface area contributed by atoms with Crippen molar-refractivity contribution >= 4 is 0 Å². The van der Waals surface area contributed by atoms with Gasteiger partial charge in [0.15, 0.2) is 0 Å². The van der Waals surface area contributed by atoms with Gasteiger partial charge in [0.2, 0.25) is 11.7 Å².